The molecule has 0 unspecified atom stereocenters. The molecule has 2 aromatic carbocycles. The van der Waals surface area contributed by atoms with Gasteiger partial charge in [0.05, 0.1) is 35.8 Å². The van der Waals surface area contributed by atoms with Crippen LogP contribution in [0.25, 0.3) is 5.69 Å². The molecular weight excluding hydrogens is 426 g/mol. The van der Waals surface area contributed by atoms with Gasteiger partial charge in [-0.1, -0.05) is 49.7 Å². The lowest BCUT2D eigenvalue weighted by atomic mass is 10.1. The van der Waals surface area contributed by atoms with Gasteiger partial charge in [0, 0.05) is 19.6 Å². The lowest BCUT2D eigenvalue weighted by Crippen LogP contribution is -2.37. The van der Waals surface area contributed by atoms with Crippen molar-refractivity contribution < 1.29 is 14.6 Å². The van der Waals surface area contributed by atoms with E-state index in [0.29, 0.717) is 31.5 Å². The summed E-state index contributed by atoms with van der Waals surface area (Å²) >= 11 is 0. The maximum atomic E-state index is 10.6. The number of benzene rings is 2. The summed E-state index contributed by atoms with van der Waals surface area (Å²) in [6.07, 6.45) is -0.471. The predicted octanol–water partition coefficient (Wildman–Crippen LogP) is 5.53. The molecule has 0 saturated carbocycles. The molecule has 34 heavy (non-hydrogen) atoms. The number of ether oxygens (including phenoxy) is 2. The normalized spacial score (nSPS) is 12.6. The summed E-state index contributed by atoms with van der Waals surface area (Å²) in [7, 11) is 0. The van der Waals surface area contributed by atoms with Crippen molar-refractivity contribution in [2.24, 2.45) is 5.92 Å². The number of aryl methyl sites for hydroxylation is 2. The maximum absolute atomic E-state index is 10.6. The van der Waals surface area contributed by atoms with E-state index in [9.17, 15) is 5.11 Å². The molecule has 0 aliphatic carbocycles. The Hall–Kier alpha value is -2.67. The standard InChI is InChI=1S/C28H39N3O3/c1-20(2)16-30(17-25(32)19-33-21(3)4)18-27-23(6)29-31(24-10-8-7-9-11-24)28(27)34-26-14-12-22(5)13-15-26/h7-15,20-21,25,32H,16-19H2,1-6H3/t25-/m0/s1. The molecule has 1 N–H and O–H groups in total. The summed E-state index contributed by atoms with van der Waals surface area (Å²) in [5, 5.41) is 15.5. The van der Waals surface area contributed by atoms with Crippen molar-refractivity contribution in [1.29, 1.82) is 0 Å². The van der Waals surface area contributed by atoms with E-state index in [1.54, 1.807) is 0 Å². The highest BCUT2D eigenvalue weighted by Gasteiger charge is 2.23. The zero-order valence-electron chi connectivity index (χ0n) is 21.4. The van der Waals surface area contributed by atoms with E-state index in [0.717, 1.165) is 29.2 Å². The van der Waals surface area contributed by atoms with Crippen molar-refractivity contribution >= 4 is 0 Å². The molecule has 0 aliphatic rings. The number of aliphatic hydroxyl groups excluding tert-OH is 1. The van der Waals surface area contributed by atoms with Crippen LogP contribution in [-0.2, 0) is 11.3 Å². The van der Waals surface area contributed by atoms with Crippen molar-refractivity contribution in [3.8, 4) is 17.3 Å². The molecule has 0 spiro atoms. The van der Waals surface area contributed by atoms with E-state index in [1.165, 1.54) is 5.56 Å². The SMILES string of the molecule is Cc1ccc(Oc2c(CN(CC(C)C)C[C@H](O)COC(C)C)c(C)nn2-c2ccccc2)cc1. The zero-order chi connectivity index (χ0) is 24.7. The lowest BCUT2D eigenvalue weighted by Gasteiger charge is -2.27. The first-order valence-electron chi connectivity index (χ1n) is 12.1. The van der Waals surface area contributed by atoms with Gasteiger partial charge < -0.3 is 14.6 Å². The quantitative estimate of drug-likeness (QED) is 0.381. The largest absolute Gasteiger partial charge is 0.439 e. The molecule has 1 heterocycles. The molecule has 0 saturated heterocycles. The van der Waals surface area contributed by atoms with Crippen LogP contribution in [0.3, 0.4) is 0 Å². The molecule has 3 rings (SSSR count). The van der Waals surface area contributed by atoms with Gasteiger partial charge in [-0.3, -0.25) is 4.90 Å². The Labute approximate surface area is 204 Å². The highest BCUT2D eigenvalue weighted by molar-refractivity contribution is 5.43. The van der Waals surface area contributed by atoms with Crippen LogP contribution in [0.2, 0.25) is 0 Å². The van der Waals surface area contributed by atoms with Crippen LogP contribution in [0.4, 0.5) is 0 Å². The summed E-state index contributed by atoms with van der Waals surface area (Å²) in [4.78, 5) is 2.26. The van der Waals surface area contributed by atoms with Crippen molar-refractivity contribution in [2.45, 2.75) is 60.3 Å². The molecule has 1 atom stereocenters. The molecular formula is C28H39N3O3. The second-order valence-corrected chi connectivity index (χ2v) is 9.66. The monoisotopic (exact) mass is 465 g/mol. The summed E-state index contributed by atoms with van der Waals surface area (Å²) < 4.78 is 14.0. The van der Waals surface area contributed by atoms with Crippen molar-refractivity contribution in [2.75, 3.05) is 19.7 Å². The summed E-state index contributed by atoms with van der Waals surface area (Å²) in [6.45, 7) is 14.7. The third-order valence-corrected chi connectivity index (χ3v) is 5.47. The van der Waals surface area contributed by atoms with Crippen LogP contribution in [0.5, 0.6) is 11.6 Å². The van der Waals surface area contributed by atoms with E-state index in [2.05, 4.69) is 25.7 Å². The van der Waals surface area contributed by atoms with Gasteiger partial charge in [-0.25, -0.2) is 4.68 Å². The number of nitrogens with zero attached hydrogens (tertiary/aromatic N) is 3. The van der Waals surface area contributed by atoms with Gasteiger partial charge in [-0.15, -0.1) is 0 Å². The second-order valence-electron chi connectivity index (χ2n) is 9.66. The van der Waals surface area contributed by atoms with Crippen LogP contribution in [0.1, 0.15) is 44.5 Å². The molecule has 0 fully saturated rings. The van der Waals surface area contributed by atoms with Gasteiger partial charge >= 0.3 is 0 Å². The molecule has 1 aromatic heterocycles. The molecule has 0 bridgehead atoms. The van der Waals surface area contributed by atoms with E-state index >= 15 is 0 Å². The minimum absolute atomic E-state index is 0.0917. The summed E-state index contributed by atoms with van der Waals surface area (Å²) in [5.74, 6) is 1.92. The Morgan fingerprint density at radius 3 is 2.24 bits per heavy atom. The minimum atomic E-state index is -0.563. The van der Waals surface area contributed by atoms with Crippen LogP contribution < -0.4 is 4.74 Å². The highest BCUT2D eigenvalue weighted by atomic mass is 16.5. The first-order chi connectivity index (χ1) is 16.2. The van der Waals surface area contributed by atoms with E-state index in [4.69, 9.17) is 14.6 Å². The fraction of sp³-hybridized carbons (Fsp3) is 0.464. The third-order valence-electron chi connectivity index (χ3n) is 5.47. The third kappa shape index (κ3) is 7.42. The number of aliphatic hydroxyl groups is 1. The van der Waals surface area contributed by atoms with Crippen molar-refractivity contribution in [3.63, 3.8) is 0 Å². The Bertz CT molecular complexity index is 1010. The van der Waals surface area contributed by atoms with Gasteiger partial charge in [0.2, 0.25) is 5.88 Å². The average Bonchev–Trinajstić information content (AvgIpc) is 3.09. The van der Waals surface area contributed by atoms with Gasteiger partial charge in [0.15, 0.2) is 0 Å². The molecule has 0 radical (unpaired) electrons. The maximum Gasteiger partial charge on any atom is 0.227 e. The molecule has 6 heteroatoms. The Morgan fingerprint density at radius 2 is 1.62 bits per heavy atom. The van der Waals surface area contributed by atoms with Gasteiger partial charge in [0.25, 0.3) is 0 Å². The molecule has 3 aromatic rings. The number of hydrogen-bond donors (Lipinski definition) is 1. The first-order valence-corrected chi connectivity index (χ1v) is 12.1. The summed E-state index contributed by atoms with van der Waals surface area (Å²) in [5.41, 5.74) is 4.05. The number of rotatable bonds is 12. The van der Waals surface area contributed by atoms with Gasteiger partial charge in [-0.05, 0) is 57.9 Å². The Morgan fingerprint density at radius 1 is 0.941 bits per heavy atom. The molecule has 0 amide bonds. The minimum Gasteiger partial charge on any atom is -0.439 e. The Balaban J connectivity index is 1.94. The number of para-hydroxylation sites is 1. The number of hydrogen-bond acceptors (Lipinski definition) is 5. The average molecular weight is 466 g/mol. The van der Waals surface area contributed by atoms with Crippen LogP contribution >= 0.6 is 0 Å². The smallest absolute Gasteiger partial charge is 0.227 e. The van der Waals surface area contributed by atoms with E-state index in [-0.39, 0.29) is 6.10 Å². The second kappa shape index (κ2) is 12.2. The fourth-order valence-corrected chi connectivity index (χ4v) is 3.89. The highest BCUT2D eigenvalue weighted by Crippen LogP contribution is 2.32. The van der Waals surface area contributed by atoms with E-state index in [1.807, 2.05) is 80.1 Å². The molecule has 6 nitrogen and oxygen atoms in total. The summed E-state index contributed by atoms with van der Waals surface area (Å²) in [6, 6.07) is 18.1. The fourth-order valence-electron chi connectivity index (χ4n) is 3.89. The van der Waals surface area contributed by atoms with Crippen LogP contribution in [0, 0.1) is 19.8 Å². The van der Waals surface area contributed by atoms with Crippen molar-refractivity contribution in [1.82, 2.24) is 14.7 Å². The zero-order valence-corrected chi connectivity index (χ0v) is 21.4. The van der Waals surface area contributed by atoms with E-state index < -0.39 is 6.10 Å². The van der Waals surface area contributed by atoms with Gasteiger partial charge in [0.1, 0.15) is 5.75 Å². The number of aromatic nitrogens is 2. The first kappa shape index (κ1) is 25.9. The van der Waals surface area contributed by atoms with Crippen molar-refractivity contribution in [3.05, 3.63) is 71.4 Å². The topological polar surface area (TPSA) is 59.8 Å². The predicted molar refractivity (Wildman–Crippen MR) is 137 cm³/mol. The van der Waals surface area contributed by atoms with Crippen LogP contribution in [-0.4, -0.2) is 51.7 Å². The molecule has 0 aliphatic heterocycles. The Kier molecular flexibility index (Phi) is 9.28. The van der Waals surface area contributed by atoms with Crippen LogP contribution in [0.15, 0.2) is 54.6 Å². The lowest BCUT2D eigenvalue weighted by molar-refractivity contribution is -0.0109. The molecule has 184 valence electrons. The van der Waals surface area contributed by atoms with Gasteiger partial charge in [-0.2, -0.15) is 5.10 Å².